The van der Waals surface area contributed by atoms with E-state index < -0.39 is 222 Å². The molecule has 3 aromatic carbocycles. The highest BCUT2D eigenvalue weighted by atomic mass is 35.5. The minimum atomic E-state index is -1.85. The number of hydrogen-bond acceptors (Lipinski definition) is 21. The van der Waals surface area contributed by atoms with Crippen molar-refractivity contribution in [3.63, 3.8) is 0 Å². The number of H-pyrrole nitrogens is 3. The number of aliphatic hydroxyl groups excluding tert-OH is 1. The number of nitrogens with two attached hydrogens (primary N) is 3. The van der Waals surface area contributed by atoms with E-state index in [-0.39, 0.29) is 109 Å². The normalized spacial score (nSPS) is 24.2. The standard InChI is InChI=1S/C91H127ClN24O18S/c1-9-11-25-70-83(127)104-61(24-17-33-98-91(95)96)79(123)111-69(78(122)101-45-75(94)119)47-135-48-76(120)103-65(37-52-29-31-55(92)32-30-52)86(130)112(6)51(5)77(121)107-67(41-74(93)118)89(133)116-35-19-28-72(116)85(129)106-63(40-56-44-97-49-102-56)81(125)108-64(36-50(3)4)88(132)115-34-18-27-71(115)84(128)105-62(38-53-42-99-59-22-15-13-20-57(53)59)80(124)110-68(46-117)82(126)109-66(39-54-43-100-60-23-16-14-21-58(54)60)87(131)114(8)73(26-12-10-2)90(134)113(70)7/h13-16,20-23,29-32,42-44,49-51,61-73,99-100,117H,9-12,17-19,24-28,33-41,45-48H2,1-8H3,(H2,93,118)(H2,94,119)(H,97,102)(H,101,122)(H,103,120)(H,104,127)(H,105,128)(H,106,129)(H,107,121)(H,108,125)(H,109,126)(H,110,124)(H,111,123)(H4,95,96,98)/t51-,61-,62-,63-,64-,65-,66-,67-,68-,69-,70-,71-,72-,73-/m0/s1. The number of aromatic amines is 3. The predicted molar refractivity (Wildman–Crippen MR) is 502 cm³/mol. The smallest absolute Gasteiger partial charge is 0.246 e. The topological polar surface area (TPSA) is 621 Å². The fourth-order valence-electron chi connectivity index (χ4n) is 16.8. The van der Waals surface area contributed by atoms with Crippen molar-refractivity contribution in [1.29, 1.82) is 5.41 Å². The van der Waals surface area contributed by atoms with Gasteiger partial charge in [0.05, 0.1) is 31.7 Å². The van der Waals surface area contributed by atoms with E-state index in [0.717, 1.165) is 31.4 Å². The van der Waals surface area contributed by atoms with Crippen molar-refractivity contribution in [2.75, 3.05) is 65.4 Å². The third-order valence-corrected chi connectivity index (χ3v) is 25.6. The number of hydrogen-bond donors (Lipinski definition) is 19. The summed E-state index contributed by atoms with van der Waals surface area (Å²) in [7, 11) is 3.96. The van der Waals surface area contributed by atoms with Gasteiger partial charge in [0, 0.05) is 123 Å². The first-order valence-electron chi connectivity index (χ1n) is 45.5. The van der Waals surface area contributed by atoms with Gasteiger partial charge >= 0.3 is 0 Å². The fraction of sp³-hybridized carbons (Fsp3) is 0.527. The Hall–Kier alpha value is -13.2. The molecule has 0 saturated carbocycles. The number of halogens is 1. The summed E-state index contributed by atoms with van der Waals surface area (Å²) in [5, 5.41) is 50.2. The molecule has 0 bridgehead atoms. The van der Waals surface area contributed by atoms with Gasteiger partial charge in [-0.05, 0) is 112 Å². The number of unbranched alkanes of at least 4 members (excludes halogenated alkanes) is 2. The lowest BCUT2D eigenvalue weighted by atomic mass is 10.00. The molecule has 0 aliphatic carbocycles. The molecule has 9 rings (SSSR count). The van der Waals surface area contributed by atoms with Gasteiger partial charge in [0.25, 0.3) is 0 Å². The van der Waals surface area contributed by atoms with Gasteiger partial charge < -0.3 is 120 Å². The van der Waals surface area contributed by atoms with Gasteiger partial charge in [-0.2, -0.15) is 0 Å². The number of rotatable bonds is 26. The summed E-state index contributed by atoms with van der Waals surface area (Å²) >= 11 is 7.05. The molecule has 3 saturated heterocycles. The molecule has 14 atom stereocenters. The number of thioether (sulfide) groups is 1. The zero-order valence-electron chi connectivity index (χ0n) is 77.2. The molecule has 42 nitrogen and oxygen atoms in total. The number of aromatic nitrogens is 4. The third kappa shape index (κ3) is 29.7. The molecule has 17 amide bonds. The zero-order valence-corrected chi connectivity index (χ0v) is 78.7. The number of aliphatic hydroxyl groups is 1. The maximum Gasteiger partial charge on any atom is 0.246 e. The van der Waals surface area contributed by atoms with Crippen LogP contribution in [0.25, 0.3) is 21.8 Å². The van der Waals surface area contributed by atoms with E-state index in [1.54, 1.807) is 86.9 Å². The highest BCUT2D eigenvalue weighted by Gasteiger charge is 2.46. The van der Waals surface area contributed by atoms with Crippen LogP contribution in [0, 0.1) is 11.3 Å². The van der Waals surface area contributed by atoms with Crippen LogP contribution in [0.2, 0.25) is 5.02 Å². The van der Waals surface area contributed by atoms with Gasteiger partial charge in [-0.15, -0.1) is 11.8 Å². The van der Waals surface area contributed by atoms with E-state index in [9.17, 15) is 48.3 Å². The Morgan fingerprint density at radius 3 is 1.59 bits per heavy atom. The quantitative estimate of drug-likeness (QED) is 0.0177. The second-order valence-corrected chi connectivity index (χ2v) is 36.2. The van der Waals surface area contributed by atoms with Crippen molar-refractivity contribution in [2.24, 2.45) is 23.1 Å². The Balaban J connectivity index is 1.10. The number of carbonyl (C=O) groups is 17. The molecule has 0 spiro atoms. The Morgan fingerprint density at radius 1 is 0.533 bits per heavy atom. The van der Waals surface area contributed by atoms with Crippen LogP contribution in [0.4, 0.5) is 0 Å². The first-order valence-corrected chi connectivity index (χ1v) is 47.0. The summed E-state index contributed by atoms with van der Waals surface area (Å²) in [6.45, 7) is 6.70. The van der Waals surface area contributed by atoms with Crippen LogP contribution in [-0.2, 0) is 107 Å². The Kier molecular flexibility index (Phi) is 39.7. The molecule has 135 heavy (non-hydrogen) atoms. The van der Waals surface area contributed by atoms with E-state index in [2.05, 4.69) is 78.4 Å². The molecule has 44 heteroatoms. The van der Waals surface area contributed by atoms with Crippen LogP contribution < -0.4 is 75.7 Å². The molecule has 0 unspecified atom stereocenters. The van der Waals surface area contributed by atoms with Gasteiger partial charge in [0.2, 0.25) is 100 Å². The molecule has 6 heterocycles. The summed E-state index contributed by atoms with van der Waals surface area (Å²) in [6.07, 6.45) is 6.34. The van der Waals surface area contributed by atoms with Gasteiger partial charge in [-0.3, -0.25) is 86.9 Å². The van der Waals surface area contributed by atoms with E-state index in [1.807, 2.05) is 13.8 Å². The SMILES string of the molecule is CCCC[C@H]1C(=O)N(C)[C@@H](CCCC)C(=O)N[C@@H](CCCNC(=N)N)C(=O)N[C@H](C(=O)NCC(N)=O)CSCC(=O)N[C@@H](Cc2ccc(Cl)cc2)C(=O)N(C)[C@@H](C)C(=O)N[C@@H](CC(N)=O)C(=O)N2CCC[C@H]2C(=O)N[C@@H](Cc2cnc[nH]2)C(=O)N[C@@H](CC(C)C)C(=O)N2CCC[C@H]2C(=O)N[C@@H](Cc2c[nH]c3ccccc23)C(=O)N[C@@H](CO)C(=O)N[C@@H](Cc2c[nH]c3ccccc23)C(=O)N1C. The Morgan fingerprint density at radius 2 is 1.04 bits per heavy atom. The molecular weight excluding hydrogens is 1780 g/mol. The van der Waals surface area contributed by atoms with E-state index in [1.165, 1.54) is 57.6 Å². The lowest BCUT2D eigenvalue weighted by molar-refractivity contribution is -0.149. The third-order valence-electron chi connectivity index (χ3n) is 24.3. The molecule has 22 N–H and O–H groups in total. The molecule has 6 aromatic rings. The lowest BCUT2D eigenvalue weighted by Gasteiger charge is -2.36. The van der Waals surface area contributed by atoms with Crippen LogP contribution in [0.15, 0.2) is 97.7 Å². The van der Waals surface area contributed by atoms with Crippen LogP contribution in [0.5, 0.6) is 0 Å². The number of para-hydroxylation sites is 2. The second-order valence-electron chi connectivity index (χ2n) is 34.7. The van der Waals surface area contributed by atoms with E-state index >= 15 is 38.4 Å². The van der Waals surface area contributed by atoms with Crippen molar-refractivity contribution in [3.8, 4) is 0 Å². The van der Waals surface area contributed by atoms with Gasteiger partial charge in [0.1, 0.15) is 84.6 Å². The maximum absolute atomic E-state index is 15.8. The fourth-order valence-corrected chi connectivity index (χ4v) is 17.8. The summed E-state index contributed by atoms with van der Waals surface area (Å²) in [5.74, 6) is -17.0. The van der Waals surface area contributed by atoms with Crippen molar-refractivity contribution in [2.45, 2.75) is 235 Å². The summed E-state index contributed by atoms with van der Waals surface area (Å²) in [6, 6.07) is -0.580. The minimum absolute atomic E-state index is 0.00264. The number of primary amides is 2. The van der Waals surface area contributed by atoms with Crippen molar-refractivity contribution >= 4 is 152 Å². The minimum Gasteiger partial charge on any atom is -0.394 e. The molecule has 0 radical (unpaired) electrons. The zero-order chi connectivity index (χ0) is 98.4. The van der Waals surface area contributed by atoms with Crippen LogP contribution in [-0.4, -0.2) is 306 Å². The molecule has 3 fully saturated rings. The summed E-state index contributed by atoms with van der Waals surface area (Å²) in [5.41, 5.74) is 20.0. The van der Waals surface area contributed by atoms with Gasteiger partial charge in [0.15, 0.2) is 5.96 Å². The molecular formula is C91H127ClN24O18S. The number of amides is 17. The first kappa shape index (κ1) is 106. The average Bonchev–Trinajstić information content (AvgIpc) is 1.75. The van der Waals surface area contributed by atoms with Crippen LogP contribution in [0.1, 0.15) is 147 Å². The summed E-state index contributed by atoms with van der Waals surface area (Å²) in [4.78, 5) is 270. The van der Waals surface area contributed by atoms with Gasteiger partial charge in [-0.1, -0.05) is 114 Å². The number of imidazole rings is 1. The number of nitrogens with zero attached hydrogens (tertiary/aromatic N) is 6. The molecule has 3 aliphatic heterocycles. The number of carbonyl (C=O) groups excluding carboxylic acids is 17. The average molecular weight is 1910 g/mol. The maximum atomic E-state index is 15.8. The number of guanidine groups is 1. The Bertz CT molecular complexity index is 5210. The highest BCUT2D eigenvalue weighted by molar-refractivity contribution is 8.00. The van der Waals surface area contributed by atoms with Crippen molar-refractivity contribution < 1.29 is 86.6 Å². The number of fused-ring (bicyclic) bond motifs is 4. The first-order chi connectivity index (χ1) is 64.4. The Labute approximate surface area is 790 Å². The molecule has 3 aliphatic rings. The molecule has 732 valence electrons. The van der Waals surface area contributed by atoms with E-state index in [0.29, 0.717) is 74.9 Å². The van der Waals surface area contributed by atoms with Crippen molar-refractivity contribution in [1.82, 2.24) is 103 Å². The largest absolute Gasteiger partial charge is 0.394 e. The second kappa shape index (κ2) is 50.8. The highest BCUT2D eigenvalue weighted by Crippen LogP contribution is 2.28. The lowest BCUT2D eigenvalue weighted by Crippen LogP contribution is -2.62. The number of benzene rings is 3. The molecule has 3 aromatic heterocycles. The van der Waals surface area contributed by atoms with Gasteiger partial charge in [-0.25, -0.2) is 4.98 Å². The number of nitrogens with one attached hydrogen (secondary N) is 15. The van der Waals surface area contributed by atoms with E-state index in [4.69, 9.17) is 34.2 Å². The number of likely N-dealkylation sites (N-methyl/N-ethyl adjacent to an activating group) is 3. The summed E-state index contributed by atoms with van der Waals surface area (Å²) < 4.78 is 0. The monoisotopic (exact) mass is 1910 g/mol. The van der Waals surface area contributed by atoms with Crippen molar-refractivity contribution in [3.05, 3.63) is 125 Å². The van der Waals surface area contributed by atoms with Crippen LogP contribution >= 0.6 is 23.4 Å². The van der Waals surface area contributed by atoms with Crippen LogP contribution in [0.3, 0.4) is 0 Å². The predicted octanol–water partition coefficient (Wildman–Crippen LogP) is -0.952.